The van der Waals surface area contributed by atoms with Crippen LogP contribution in [0.25, 0.3) is 0 Å². The molecule has 0 aromatic heterocycles. The number of anilines is 1. The van der Waals surface area contributed by atoms with Gasteiger partial charge in [-0.3, -0.25) is 4.99 Å². The highest BCUT2D eigenvalue weighted by Crippen LogP contribution is 2.30. The molecule has 0 saturated heterocycles. The number of aliphatic imine (C=N–C) groups is 1. The van der Waals surface area contributed by atoms with Crippen molar-refractivity contribution in [2.24, 2.45) is 4.99 Å². The van der Waals surface area contributed by atoms with Crippen LogP contribution in [-0.2, 0) is 0 Å². The first-order chi connectivity index (χ1) is 11.0. The Morgan fingerprint density at radius 2 is 2.17 bits per heavy atom. The number of nitrogens with one attached hydrogen (secondary N) is 1. The summed E-state index contributed by atoms with van der Waals surface area (Å²) in [5.41, 5.74) is 6.94. The fourth-order valence-corrected chi connectivity index (χ4v) is 2.86. The largest absolute Gasteiger partial charge is 0.357 e. The van der Waals surface area contributed by atoms with Crippen molar-refractivity contribution in [3.05, 3.63) is 65.8 Å². The lowest BCUT2D eigenvalue weighted by Crippen LogP contribution is -2.16. The minimum atomic E-state index is 0.524. The van der Waals surface area contributed by atoms with Gasteiger partial charge in [0.2, 0.25) is 0 Å². The second kappa shape index (κ2) is 7.32. The van der Waals surface area contributed by atoms with Gasteiger partial charge >= 0.3 is 0 Å². The molecule has 23 heavy (non-hydrogen) atoms. The van der Waals surface area contributed by atoms with Crippen molar-refractivity contribution in [1.29, 1.82) is 0 Å². The van der Waals surface area contributed by atoms with Gasteiger partial charge in [-0.1, -0.05) is 38.1 Å². The first kappa shape index (κ1) is 17.1. The fourth-order valence-electron chi connectivity index (χ4n) is 2.86. The quantitative estimate of drug-likeness (QED) is 0.810. The molecule has 1 unspecified atom stereocenters. The Morgan fingerprint density at radius 3 is 2.83 bits per heavy atom. The van der Waals surface area contributed by atoms with Crippen molar-refractivity contribution in [3.63, 3.8) is 0 Å². The highest BCUT2D eigenvalue weighted by atomic mass is 15.1. The molecule has 1 aromatic carbocycles. The lowest BCUT2D eigenvalue weighted by Gasteiger charge is -2.21. The van der Waals surface area contributed by atoms with Gasteiger partial charge in [0.25, 0.3) is 0 Å². The number of aryl methyl sites for hydroxylation is 1. The topological polar surface area (TPSA) is 27.6 Å². The fraction of sp³-hybridized carbons (Fsp3) is 0.350. The Balaban J connectivity index is 2.40. The number of hydrogen-bond acceptors (Lipinski definition) is 3. The third kappa shape index (κ3) is 3.73. The van der Waals surface area contributed by atoms with Crippen LogP contribution in [0.1, 0.15) is 44.2 Å². The van der Waals surface area contributed by atoms with Gasteiger partial charge in [0.15, 0.2) is 0 Å². The summed E-state index contributed by atoms with van der Waals surface area (Å²) in [7, 11) is 2.04. The second-order valence-electron chi connectivity index (χ2n) is 6.12. The zero-order valence-electron chi connectivity index (χ0n) is 14.9. The van der Waals surface area contributed by atoms with E-state index in [1.54, 1.807) is 6.20 Å². The summed E-state index contributed by atoms with van der Waals surface area (Å²) in [6, 6.07) is 6.61. The summed E-state index contributed by atoms with van der Waals surface area (Å²) < 4.78 is 0. The number of rotatable bonds is 5. The van der Waals surface area contributed by atoms with Crippen LogP contribution in [0.4, 0.5) is 5.69 Å². The first-order valence-electron chi connectivity index (χ1n) is 8.16. The Hall–Kier alpha value is -2.29. The van der Waals surface area contributed by atoms with Crippen LogP contribution in [0.3, 0.4) is 0 Å². The predicted molar refractivity (Wildman–Crippen MR) is 101 cm³/mol. The minimum absolute atomic E-state index is 0.524. The van der Waals surface area contributed by atoms with Crippen molar-refractivity contribution in [2.75, 3.05) is 12.4 Å². The molecule has 2 rings (SSSR count). The van der Waals surface area contributed by atoms with Gasteiger partial charge in [0.1, 0.15) is 0 Å². The van der Waals surface area contributed by atoms with Crippen LogP contribution >= 0.6 is 0 Å². The highest BCUT2D eigenvalue weighted by Gasteiger charge is 2.18. The monoisotopic (exact) mass is 309 g/mol. The van der Waals surface area contributed by atoms with E-state index < -0.39 is 0 Å². The Bertz CT molecular complexity index is 680. The smallest absolute Gasteiger partial charge is 0.0898 e. The van der Waals surface area contributed by atoms with Crippen LogP contribution in [0.5, 0.6) is 0 Å². The Labute approximate surface area is 140 Å². The van der Waals surface area contributed by atoms with Gasteiger partial charge in [0.05, 0.1) is 11.4 Å². The summed E-state index contributed by atoms with van der Waals surface area (Å²) in [6.07, 6.45) is 6.74. The van der Waals surface area contributed by atoms with Crippen molar-refractivity contribution in [2.45, 2.75) is 40.0 Å². The minimum Gasteiger partial charge on any atom is -0.357 e. The van der Waals surface area contributed by atoms with E-state index >= 15 is 0 Å². The average molecular weight is 309 g/mol. The third-order valence-electron chi connectivity index (χ3n) is 4.31. The molecule has 1 heterocycles. The SMILES string of the molecule is C=C/N=C1/C=CN(C)/C1=C(/C)Nc1ccc(C)cc1C(C)CC. The van der Waals surface area contributed by atoms with Crippen molar-refractivity contribution in [3.8, 4) is 0 Å². The summed E-state index contributed by atoms with van der Waals surface area (Å²) in [4.78, 5) is 6.45. The maximum atomic E-state index is 4.36. The van der Waals surface area contributed by atoms with Gasteiger partial charge < -0.3 is 10.2 Å². The molecule has 0 spiro atoms. The van der Waals surface area contributed by atoms with Crippen LogP contribution in [-0.4, -0.2) is 17.7 Å². The zero-order valence-corrected chi connectivity index (χ0v) is 14.9. The predicted octanol–water partition coefficient (Wildman–Crippen LogP) is 5.20. The summed E-state index contributed by atoms with van der Waals surface area (Å²) >= 11 is 0. The van der Waals surface area contributed by atoms with Crippen LogP contribution in [0.2, 0.25) is 0 Å². The lowest BCUT2D eigenvalue weighted by atomic mass is 9.95. The Morgan fingerprint density at radius 1 is 1.43 bits per heavy atom. The molecular weight excluding hydrogens is 282 g/mol. The summed E-state index contributed by atoms with van der Waals surface area (Å²) in [5.74, 6) is 0.524. The molecule has 0 radical (unpaired) electrons. The van der Waals surface area contributed by atoms with Crippen molar-refractivity contribution >= 4 is 11.4 Å². The maximum Gasteiger partial charge on any atom is 0.0898 e. The zero-order chi connectivity index (χ0) is 17.0. The van der Waals surface area contributed by atoms with Gasteiger partial charge in [0, 0.05) is 30.8 Å². The lowest BCUT2D eigenvalue weighted by molar-refractivity contribution is 0.605. The molecule has 0 aliphatic carbocycles. The molecule has 0 amide bonds. The van der Waals surface area contributed by atoms with E-state index in [0.717, 1.165) is 23.5 Å². The summed E-state index contributed by atoms with van der Waals surface area (Å²) in [6.45, 7) is 12.4. The van der Waals surface area contributed by atoms with Crippen molar-refractivity contribution in [1.82, 2.24) is 4.90 Å². The molecule has 1 atom stereocenters. The van der Waals surface area contributed by atoms with E-state index in [4.69, 9.17) is 0 Å². The number of nitrogens with zero attached hydrogens (tertiary/aromatic N) is 2. The van der Waals surface area contributed by atoms with Gasteiger partial charge in [-0.15, -0.1) is 0 Å². The average Bonchev–Trinajstić information content (AvgIpc) is 2.89. The van der Waals surface area contributed by atoms with E-state index in [-0.39, 0.29) is 0 Å². The van der Waals surface area contributed by atoms with E-state index in [0.29, 0.717) is 5.92 Å². The van der Waals surface area contributed by atoms with Crippen LogP contribution in [0, 0.1) is 6.92 Å². The highest BCUT2D eigenvalue weighted by molar-refractivity contribution is 6.11. The number of hydrogen-bond donors (Lipinski definition) is 1. The molecular formula is C20H27N3. The Kier molecular flexibility index (Phi) is 5.43. The van der Waals surface area contributed by atoms with Crippen LogP contribution < -0.4 is 5.32 Å². The molecule has 0 bridgehead atoms. The van der Waals surface area contributed by atoms with Gasteiger partial charge in [-0.05, 0) is 43.9 Å². The molecule has 3 heteroatoms. The molecule has 3 nitrogen and oxygen atoms in total. The molecule has 1 N–H and O–H groups in total. The third-order valence-corrected chi connectivity index (χ3v) is 4.31. The second-order valence-corrected chi connectivity index (χ2v) is 6.12. The van der Waals surface area contributed by atoms with E-state index in [1.807, 2.05) is 19.3 Å². The maximum absolute atomic E-state index is 4.36. The van der Waals surface area contributed by atoms with E-state index in [1.165, 1.54) is 16.8 Å². The van der Waals surface area contributed by atoms with Gasteiger partial charge in [-0.25, -0.2) is 0 Å². The van der Waals surface area contributed by atoms with E-state index in [9.17, 15) is 0 Å². The molecule has 1 aliphatic rings. The van der Waals surface area contributed by atoms with E-state index in [2.05, 4.69) is 67.7 Å². The van der Waals surface area contributed by atoms with Crippen molar-refractivity contribution < 1.29 is 0 Å². The molecule has 1 aromatic rings. The van der Waals surface area contributed by atoms with Crippen LogP contribution in [0.15, 0.2) is 59.6 Å². The summed E-state index contributed by atoms with van der Waals surface area (Å²) in [5, 5.41) is 3.60. The first-order valence-corrected chi connectivity index (χ1v) is 8.16. The number of benzene rings is 1. The normalized spacial score (nSPS) is 19.2. The molecule has 0 fully saturated rings. The molecule has 0 saturated carbocycles. The molecule has 1 aliphatic heterocycles. The standard InChI is InChI=1S/C20H27N3/c1-7-15(4)17-13-14(3)9-10-18(17)22-16(5)20-19(21-8-2)11-12-23(20)6/h8-13,15,22H,2,7H2,1,3-6H3/b20-16-,21-19-. The molecule has 122 valence electrons. The number of allylic oxidation sites excluding steroid dienone is 2. The van der Waals surface area contributed by atoms with Gasteiger partial charge in [-0.2, -0.15) is 0 Å².